The van der Waals surface area contributed by atoms with Crippen LogP contribution in [0.15, 0.2) is 127 Å². The second-order valence-electron chi connectivity index (χ2n) is 12.9. The summed E-state index contributed by atoms with van der Waals surface area (Å²) in [6.07, 6.45) is 4.39. The molecule has 0 bridgehead atoms. The summed E-state index contributed by atoms with van der Waals surface area (Å²) in [5, 5.41) is 11.2. The van der Waals surface area contributed by atoms with E-state index in [4.69, 9.17) is 24.4 Å². The lowest BCUT2D eigenvalue weighted by Crippen LogP contribution is -2.10. The maximum atomic E-state index is 12.2. The number of aromatic nitrogens is 3. The minimum Gasteiger partial charge on any atom is -0.507 e. The number of nitrogens with zero attached hydrogens (tertiary/aromatic N) is 3. The van der Waals surface area contributed by atoms with Gasteiger partial charge in [-0.2, -0.15) is 0 Å². The number of carbonyl (C=O) groups is 1. The van der Waals surface area contributed by atoms with Crippen molar-refractivity contribution in [2.24, 2.45) is 5.92 Å². The number of hydrogen-bond acceptors (Lipinski definition) is 7. The van der Waals surface area contributed by atoms with Gasteiger partial charge < -0.3 is 14.6 Å². The van der Waals surface area contributed by atoms with Crippen LogP contribution in [0.1, 0.15) is 46.0 Å². The number of phenols is 1. The molecule has 0 aliphatic rings. The van der Waals surface area contributed by atoms with Crippen LogP contribution in [0.2, 0.25) is 0 Å². The van der Waals surface area contributed by atoms with Crippen molar-refractivity contribution in [2.75, 3.05) is 13.2 Å². The quantitative estimate of drug-likeness (QED) is 0.0854. The Morgan fingerprint density at radius 1 is 0.588 bits per heavy atom. The predicted molar refractivity (Wildman–Crippen MR) is 203 cm³/mol. The molecule has 0 unspecified atom stereocenters. The van der Waals surface area contributed by atoms with Gasteiger partial charge in [-0.1, -0.05) is 142 Å². The molecule has 6 aromatic rings. The molecule has 1 aromatic heterocycles. The van der Waals surface area contributed by atoms with Gasteiger partial charge in [-0.25, -0.2) is 15.0 Å². The fourth-order valence-corrected chi connectivity index (χ4v) is 5.77. The second kappa shape index (κ2) is 17.2. The van der Waals surface area contributed by atoms with Crippen molar-refractivity contribution in [2.45, 2.75) is 46.0 Å². The van der Waals surface area contributed by atoms with Crippen molar-refractivity contribution in [3.05, 3.63) is 127 Å². The zero-order valence-electron chi connectivity index (χ0n) is 29.2. The Kier molecular flexibility index (Phi) is 11.8. The third-order valence-corrected chi connectivity index (χ3v) is 8.61. The minimum absolute atomic E-state index is 0.0431. The highest BCUT2D eigenvalue weighted by molar-refractivity contribution is 5.74. The Balaban J connectivity index is 1.20. The van der Waals surface area contributed by atoms with Crippen LogP contribution in [0.25, 0.3) is 56.4 Å². The van der Waals surface area contributed by atoms with Gasteiger partial charge in [0.15, 0.2) is 17.5 Å². The first-order valence-corrected chi connectivity index (χ1v) is 17.6. The lowest BCUT2D eigenvalue weighted by atomic mass is 10.0. The maximum absolute atomic E-state index is 12.2. The normalized spacial score (nSPS) is 11.0. The molecular weight excluding hydrogens is 635 g/mol. The fourth-order valence-electron chi connectivity index (χ4n) is 5.77. The van der Waals surface area contributed by atoms with Crippen molar-refractivity contribution in [3.8, 4) is 67.9 Å². The number of aromatic hydroxyl groups is 1. The number of ether oxygens (including phenoxy) is 2. The number of rotatable bonds is 15. The monoisotopic (exact) mass is 677 g/mol. The van der Waals surface area contributed by atoms with Crippen LogP contribution in [0.3, 0.4) is 0 Å². The molecule has 7 heteroatoms. The number of carbonyl (C=O) groups excluding carboxylic acids is 1. The van der Waals surface area contributed by atoms with Crippen LogP contribution in [0, 0.1) is 5.92 Å². The summed E-state index contributed by atoms with van der Waals surface area (Å²) in [5.41, 5.74) is 6.50. The molecule has 0 radical (unpaired) electrons. The van der Waals surface area contributed by atoms with Crippen LogP contribution in [0.4, 0.5) is 0 Å². The summed E-state index contributed by atoms with van der Waals surface area (Å²) in [5.74, 6) is 2.09. The van der Waals surface area contributed by atoms with E-state index >= 15 is 0 Å². The van der Waals surface area contributed by atoms with Crippen molar-refractivity contribution in [1.82, 2.24) is 15.0 Å². The third kappa shape index (κ3) is 9.67. The summed E-state index contributed by atoms with van der Waals surface area (Å²) in [7, 11) is 0. The standard InChI is InChI=1S/C44H43N3O4/c1-31(2)12-6-5-11-28-51-41(49)27-29-50-38-25-26-39(40(48)30-38)44-46-42(36-21-17-34(18-22-36)32-13-7-3-8-14-32)45-43(47-44)37-23-19-35(20-24-37)33-15-9-4-10-16-33/h3-4,7-10,13-26,30-31,48H,5-6,11-12,27-29H2,1-2H3. The topological polar surface area (TPSA) is 94.4 Å². The maximum Gasteiger partial charge on any atom is 0.309 e. The van der Waals surface area contributed by atoms with E-state index in [9.17, 15) is 9.90 Å². The number of unbranched alkanes of at least 4 members (excludes halogenated alkanes) is 2. The van der Waals surface area contributed by atoms with Crippen molar-refractivity contribution in [1.29, 1.82) is 0 Å². The Hall–Kier alpha value is -5.82. The smallest absolute Gasteiger partial charge is 0.309 e. The van der Waals surface area contributed by atoms with E-state index in [0.29, 0.717) is 41.3 Å². The van der Waals surface area contributed by atoms with Crippen LogP contribution in [-0.4, -0.2) is 39.2 Å². The first-order valence-electron chi connectivity index (χ1n) is 17.6. The molecule has 51 heavy (non-hydrogen) atoms. The van der Waals surface area contributed by atoms with Crippen LogP contribution < -0.4 is 4.74 Å². The molecule has 0 fully saturated rings. The number of hydrogen-bond donors (Lipinski definition) is 1. The van der Waals surface area contributed by atoms with Gasteiger partial charge in [-0.3, -0.25) is 4.79 Å². The Bertz CT molecular complexity index is 1910. The van der Waals surface area contributed by atoms with Gasteiger partial charge >= 0.3 is 5.97 Å². The lowest BCUT2D eigenvalue weighted by molar-refractivity contribution is -0.144. The molecule has 0 atom stereocenters. The predicted octanol–water partition coefficient (Wildman–Crippen LogP) is 10.4. The molecule has 5 aromatic carbocycles. The van der Waals surface area contributed by atoms with Gasteiger partial charge in [0.05, 0.1) is 25.2 Å². The third-order valence-electron chi connectivity index (χ3n) is 8.61. The molecular formula is C44H43N3O4. The summed E-state index contributed by atoms with van der Waals surface area (Å²) in [6.45, 7) is 5.00. The molecule has 0 spiro atoms. The summed E-state index contributed by atoms with van der Waals surface area (Å²) in [6, 6.07) is 41.6. The average molecular weight is 678 g/mol. The highest BCUT2D eigenvalue weighted by atomic mass is 16.5. The van der Waals surface area contributed by atoms with Gasteiger partial charge in [-0.15, -0.1) is 0 Å². The SMILES string of the molecule is CC(C)CCCCCOC(=O)CCOc1ccc(-c2nc(-c3ccc(-c4ccccc4)cc3)nc(-c3ccc(-c4ccccc4)cc3)n2)c(O)c1. The van der Waals surface area contributed by atoms with E-state index in [0.717, 1.165) is 52.6 Å². The van der Waals surface area contributed by atoms with Crippen LogP contribution >= 0.6 is 0 Å². The average Bonchev–Trinajstić information content (AvgIpc) is 3.17. The molecule has 6 rings (SSSR count). The summed E-state index contributed by atoms with van der Waals surface area (Å²) >= 11 is 0. The van der Waals surface area contributed by atoms with Crippen molar-refractivity contribution < 1.29 is 19.4 Å². The van der Waals surface area contributed by atoms with Gasteiger partial charge in [0.1, 0.15) is 11.5 Å². The highest BCUT2D eigenvalue weighted by Gasteiger charge is 2.16. The van der Waals surface area contributed by atoms with Crippen LogP contribution in [-0.2, 0) is 9.53 Å². The number of phenolic OH excluding ortho intramolecular Hbond substituents is 1. The first-order chi connectivity index (χ1) is 24.9. The van der Waals surface area contributed by atoms with E-state index in [1.54, 1.807) is 12.1 Å². The highest BCUT2D eigenvalue weighted by Crippen LogP contribution is 2.34. The lowest BCUT2D eigenvalue weighted by Gasteiger charge is -2.12. The summed E-state index contributed by atoms with van der Waals surface area (Å²) in [4.78, 5) is 26.7. The molecule has 1 heterocycles. The number of esters is 1. The molecule has 0 saturated heterocycles. The van der Waals surface area contributed by atoms with Gasteiger partial charge in [0.2, 0.25) is 0 Å². The molecule has 0 amide bonds. The molecule has 7 nitrogen and oxygen atoms in total. The van der Waals surface area contributed by atoms with E-state index < -0.39 is 0 Å². The Labute approximate surface area is 300 Å². The second-order valence-corrected chi connectivity index (χ2v) is 12.9. The van der Waals surface area contributed by atoms with Crippen molar-refractivity contribution >= 4 is 5.97 Å². The van der Waals surface area contributed by atoms with E-state index in [1.165, 1.54) is 12.5 Å². The fraction of sp³-hybridized carbons (Fsp3) is 0.227. The van der Waals surface area contributed by atoms with Gasteiger partial charge in [0, 0.05) is 17.2 Å². The Morgan fingerprint density at radius 3 is 1.63 bits per heavy atom. The van der Waals surface area contributed by atoms with Gasteiger partial charge in [0.25, 0.3) is 0 Å². The zero-order chi connectivity index (χ0) is 35.4. The molecule has 1 N–H and O–H groups in total. The molecule has 258 valence electrons. The Morgan fingerprint density at radius 2 is 1.10 bits per heavy atom. The van der Waals surface area contributed by atoms with Crippen molar-refractivity contribution in [3.63, 3.8) is 0 Å². The molecule has 0 aliphatic carbocycles. The van der Waals surface area contributed by atoms with E-state index in [1.807, 2.05) is 60.7 Å². The summed E-state index contributed by atoms with van der Waals surface area (Å²) < 4.78 is 11.1. The largest absolute Gasteiger partial charge is 0.507 e. The van der Waals surface area contributed by atoms with Crippen LogP contribution in [0.5, 0.6) is 11.5 Å². The van der Waals surface area contributed by atoms with Gasteiger partial charge in [-0.05, 0) is 46.7 Å². The van der Waals surface area contributed by atoms with E-state index in [-0.39, 0.29) is 24.7 Å². The van der Waals surface area contributed by atoms with E-state index in [2.05, 4.69) is 62.4 Å². The zero-order valence-corrected chi connectivity index (χ0v) is 29.2. The first kappa shape index (κ1) is 35.0. The molecule has 0 aliphatic heterocycles. The number of benzene rings is 5. The minimum atomic E-state index is -0.293. The molecule has 0 saturated carbocycles.